The molecule has 1 aromatic heterocycles. The van der Waals surface area contributed by atoms with E-state index in [1.54, 1.807) is 16.7 Å². The first kappa shape index (κ1) is 11.7. The molecule has 16 heavy (non-hydrogen) atoms. The van der Waals surface area contributed by atoms with Crippen LogP contribution in [-0.2, 0) is 6.42 Å². The maximum absolute atomic E-state index is 5.96. The average molecular weight is 277 g/mol. The minimum atomic E-state index is 0.315. The average Bonchev–Trinajstić information content (AvgIpc) is 2.64. The summed E-state index contributed by atoms with van der Waals surface area (Å²) in [5.41, 5.74) is 0.807. The highest BCUT2D eigenvalue weighted by atomic mass is 35.5. The van der Waals surface area contributed by atoms with E-state index in [1.807, 2.05) is 13.0 Å². The van der Waals surface area contributed by atoms with E-state index < -0.39 is 0 Å². The number of halogens is 3. The monoisotopic (exact) mass is 275 g/mol. The fraction of sp³-hybridized carbons (Fsp3) is 0.200. The number of hydrogen-bond acceptors (Lipinski definition) is 2. The fourth-order valence-electron chi connectivity index (χ4n) is 1.40. The van der Waals surface area contributed by atoms with Gasteiger partial charge < -0.3 is 0 Å². The molecule has 0 spiro atoms. The molecule has 84 valence electrons. The number of aryl methyl sites for hydroxylation is 1. The van der Waals surface area contributed by atoms with Crippen molar-refractivity contribution < 1.29 is 0 Å². The molecule has 0 N–H and O–H groups in total. The lowest BCUT2D eigenvalue weighted by Crippen LogP contribution is -2.00. The Hall–Kier alpha value is -0.770. The normalized spacial score (nSPS) is 10.8. The first-order valence-corrected chi connectivity index (χ1v) is 5.82. The van der Waals surface area contributed by atoms with Crippen molar-refractivity contribution in [3.8, 4) is 5.69 Å². The van der Waals surface area contributed by atoms with E-state index in [0.717, 1.165) is 17.9 Å². The van der Waals surface area contributed by atoms with Gasteiger partial charge in [0.25, 0.3) is 0 Å². The van der Waals surface area contributed by atoms with Crippen LogP contribution in [0.15, 0.2) is 18.2 Å². The van der Waals surface area contributed by atoms with Gasteiger partial charge in [0.2, 0.25) is 5.28 Å². The maximum Gasteiger partial charge on any atom is 0.229 e. The van der Waals surface area contributed by atoms with Crippen LogP contribution in [0.25, 0.3) is 5.69 Å². The largest absolute Gasteiger partial charge is 0.270 e. The second kappa shape index (κ2) is 4.62. The molecule has 0 aliphatic carbocycles. The molecule has 0 saturated carbocycles. The summed E-state index contributed by atoms with van der Waals surface area (Å²) in [5, 5.41) is 9.09. The summed E-state index contributed by atoms with van der Waals surface area (Å²) in [6, 6.07) is 5.27. The van der Waals surface area contributed by atoms with Crippen LogP contribution in [-0.4, -0.2) is 14.8 Å². The Morgan fingerprint density at radius 2 is 1.88 bits per heavy atom. The smallest absolute Gasteiger partial charge is 0.229 e. The lowest BCUT2D eigenvalue weighted by Gasteiger charge is -2.07. The van der Waals surface area contributed by atoms with Gasteiger partial charge in [-0.2, -0.15) is 0 Å². The Labute approximate surface area is 108 Å². The number of rotatable bonds is 2. The van der Waals surface area contributed by atoms with Gasteiger partial charge in [0.05, 0.1) is 15.7 Å². The van der Waals surface area contributed by atoms with Crippen molar-refractivity contribution in [2.75, 3.05) is 0 Å². The molecule has 6 heteroatoms. The van der Waals surface area contributed by atoms with Crippen LogP contribution in [0, 0.1) is 0 Å². The molecule has 1 aromatic carbocycles. The van der Waals surface area contributed by atoms with Crippen molar-refractivity contribution in [2.24, 2.45) is 0 Å². The molecular weight excluding hydrogens is 268 g/mol. The van der Waals surface area contributed by atoms with Crippen molar-refractivity contribution >= 4 is 34.8 Å². The third kappa shape index (κ3) is 2.03. The quantitative estimate of drug-likeness (QED) is 0.835. The van der Waals surface area contributed by atoms with Gasteiger partial charge in [-0.15, -0.1) is 10.2 Å². The molecule has 3 nitrogen and oxygen atoms in total. The minimum absolute atomic E-state index is 0.315. The van der Waals surface area contributed by atoms with Crippen molar-refractivity contribution in [1.29, 1.82) is 0 Å². The van der Waals surface area contributed by atoms with Crippen LogP contribution in [0.5, 0.6) is 0 Å². The van der Waals surface area contributed by atoms with Crippen LogP contribution in [0.4, 0.5) is 0 Å². The predicted molar refractivity (Wildman–Crippen MR) is 65.8 cm³/mol. The number of benzene rings is 1. The lowest BCUT2D eigenvalue weighted by atomic mass is 10.3. The summed E-state index contributed by atoms with van der Waals surface area (Å²) < 4.78 is 1.74. The van der Waals surface area contributed by atoms with Gasteiger partial charge in [-0.1, -0.05) is 30.1 Å². The summed E-state index contributed by atoms with van der Waals surface area (Å²) in [7, 11) is 0. The highest BCUT2D eigenvalue weighted by Crippen LogP contribution is 2.26. The fourth-order valence-corrected chi connectivity index (χ4v) is 1.93. The SMILES string of the molecule is CCc1nnc(Cl)n1-c1ccc(Cl)c(Cl)c1. The van der Waals surface area contributed by atoms with E-state index in [9.17, 15) is 0 Å². The van der Waals surface area contributed by atoms with Crippen LogP contribution in [0.3, 0.4) is 0 Å². The molecule has 0 amide bonds. The molecule has 0 unspecified atom stereocenters. The molecule has 2 rings (SSSR count). The van der Waals surface area contributed by atoms with Crippen LogP contribution in [0.1, 0.15) is 12.7 Å². The summed E-state index contributed by atoms with van der Waals surface area (Å²) >= 11 is 17.8. The van der Waals surface area contributed by atoms with E-state index in [1.165, 1.54) is 0 Å². The van der Waals surface area contributed by atoms with Crippen molar-refractivity contribution in [3.05, 3.63) is 39.4 Å². The predicted octanol–water partition coefficient (Wildman–Crippen LogP) is 3.79. The molecule has 0 atom stereocenters. The van der Waals surface area contributed by atoms with Crippen molar-refractivity contribution in [1.82, 2.24) is 14.8 Å². The summed E-state index contributed by atoms with van der Waals surface area (Å²) in [6.07, 6.45) is 0.736. The molecule has 0 fully saturated rings. The van der Waals surface area contributed by atoms with Gasteiger partial charge in [0.15, 0.2) is 0 Å². The molecule has 0 saturated heterocycles. The molecule has 2 aromatic rings. The van der Waals surface area contributed by atoms with E-state index in [-0.39, 0.29) is 0 Å². The second-order valence-corrected chi connectivity index (χ2v) is 4.33. The molecular formula is C10H8Cl3N3. The van der Waals surface area contributed by atoms with Gasteiger partial charge in [-0.05, 0) is 29.8 Å². The zero-order valence-electron chi connectivity index (χ0n) is 8.41. The molecule has 0 aliphatic rings. The van der Waals surface area contributed by atoms with Crippen molar-refractivity contribution in [3.63, 3.8) is 0 Å². The standard InChI is InChI=1S/C10H8Cl3N3/c1-2-9-14-15-10(13)16(9)6-3-4-7(11)8(12)5-6/h3-5H,2H2,1H3. The Morgan fingerprint density at radius 1 is 1.12 bits per heavy atom. The van der Waals surface area contributed by atoms with Gasteiger partial charge in [-0.3, -0.25) is 4.57 Å². The third-order valence-electron chi connectivity index (χ3n) is 2.17. The first-order chi connectivity index (χ1) is 7.63. The maximum atomic E-state index is 5.96. The number of nitrogens with zero attached hydrogens (tertiary/aromatic N) is 3. The van der Waals surface area contributed by atoms with E-state index in [0.29, 0.717) is 15.3 Å². The van der Waals surface area contributed by atoms with E-state index >= 15 is 0 Å². The second-order valence-electron chi connectivity index (χ2n) is 3.17. The molecule has 0 bridgehead atoms. The van der Waals surface area contributed by atoms with Crippen LogP contribution < -0.4 is 0 Å². The summed E-state index contributed by atoms with van der Waals surface area (Å²) in [4.78, 5) is 0. The van der Waals surface area contributed by atoms with E-state index in [4.69, 9.17) is 34.8 Å². The first-order valence-electron chi connectivity index (χ1n) is 4.68. The highest BCUT2D eigenvalue weighted by Gasteiger charge is 2.11. The van der Waals surface area contributed by atoms with Crippen LogP contribution in [0.2, 0.25) is 15.3 Å². The Bertz CT molecular complexity index is 522. The zero-order valence-corrected chi connectivity index (χ0v) is 10.7. The van der Waals surface area contributed by atoms with Crippen molar-refractivity contribution in [2.45, 2.75) is 13.3 Å². The van der Waals surface area contributed by atoms with Gasteiger partial charge in [0.1, 0.15) is 5.82 Å². The van der Waals surface area contributed by atoms with Crippen LogP contribution >= 0.6 is 34.8 Å². The molecule has 0 radical (unpaired) electrons. The topological polar surface area (TPSA) is 30.7 Å². The Balaban J connectivity index is 2.57. The van der Waals surface area contributed by atoms with E-state index in [2.05, 4.69) is 10.2 Å². The Kier molecular flexibility index (Phi) is 3.38. The molecule has 0 aliphatic heterocycles. The van der Waals surface area contributed by atoms with Gasteiger partial charge in [0, 0.05) is 6.42 Å². The summed E-state index contributed by atoms with van der Waals surface area (Å²) in [5.74, 6) is 0.781. The number of hydrogen-bond donors (Lipinski definition) is 0. The van der Waals surface area contributed by atoms with Gasteiger partial charge >= 0.3 is 0 Å². The minimum Gasteiger partial charge on any atom is -0.270 e. The Morgan fingerprint density at radius 3 is 2.50 bits per heavy atom. The molecule has 1 heterocycles. The third-order valence-corrected chi connectivity index (χ3v) is 3.15. The zero-order chi connectivity index (χ0) is 11.7. The number of aromatic nitrogens is 3. The lowest BCUT2D eigenvalue weighted by molar-refractivity contribution is 0.883. The van der Waals surface area contributed by atoms with Gasteiger partial charge in [-0.25, -0.2) is 0 Å². The highest BCUT2D eigenvalue weighted by molar-refractivity contribution is 6.42. The summed E-state index contributed by atoms with van der Waals surface area (Å²) in [6.45, 7) is 1.98.